The van der Waals surface area contributed by atoms with Gasteiger partial charge < -0.3 is 5.32 Å². The highest BCUT2D eigenvalue weighted by atomic mass is 35.5. The van der Waals surface area contributed by atoms with Crippen LogP contribution in [0, 0.1) is 0 Å². The first kappa shape index (κ1) is 12.3. The lowest BCUT2D eigenvalue weighted by Crippen LogP contribution is -2.24. The van der Waals surface area contributed by atoms with E-state index in [0.29, 0.717) is 0 Å². The van der Waals surface area contributed by atoms with Crippen LogP contribution in [-0.2, 0) is 0 Å². The van der Waals surface area contributed by atoms with Gasteiger partial charge in [-0.05, 0) is 18.9 Å². The fourth-order valence-electron chi connectivity index (χ4n) is 0.880. The van der Waals surface area contributed by atoms with Crippen molar-refractivity contribution in [1.82, 2.24) is 5.32 Å². The predicted molar refractivity (Wildman–Crippen MR) is 57.0 cm³/mol. The van der Waals surface area contributed by atoms with Crippen molar-refractivity contribution < 1.29 is 0 Å². The van der Waals surface area contributed by atoms with Crippen molar-refractivity contribution in [2.75, 3.05) is 13.1 Å². The zero-order valence-electron chi connectivity index (χ0n) is 7.74. The highest BCUT2D eigenvalue weighted by Crippen LogP contribution is 2.03. The number of hydrogen-bond donors (Lipinski definition) is 1. The van der Waals surface area contributed by atoms with E-state index in [1.807, 2.05) is 6.92 Å². The lowest BCUT2D eigenvalue weighted by atomic mass is 10.2. The Hall–Kier alpha value is 0.280. The fraction of sp³-hybridized carbons (Fsp3) is 0.778. The molecule has 1 N–H and O–H groups in total. The van der Waals surface area contributed by atoms with Crippen molar-refractivity contribution in [3.05, 3.63) is 11.1 Å². The first-order valence-corrected chi connectivity index (χ1v) is 5.18. The van der Waals surface area contributed by atoms with E-state index < -0.39 is 0 Å². The number of alkyl halides is 1. The Morgan fingerprint density at radius 1 is 1.58 bits per heavy atom. The third-order valence-electron chi connectivity index (χ3n) is 1.56. The number of rotatable bonds is 6. The van der Waals surface area contributed by atoms with Crippen molar-refractivity contribution in [2.45, 2.75) is 32.1 Å². The third kappa shape index (κ3) is 6.96. The van der Waals surface area contributed by atoms with Crippen LogP contribution in [0.5, 0.6) is 0 Å². The van der Waals surface area contributed by atoms with E-state index in [0.717, 1.165) is 31.5 Å². The van der Waals surface area contributed by atoms with Crippen LogP contribution in [0.4, 0.5) is 0 Å². The van der Waals surface area contributed by atoms with Crippen LogP contribution in [0.15, 0.2) is 11.1 Å². The molecule has 0 aromatic rings. The molecule has 0 amide bonds. The van der Waals surface area contributed by atoms with Gasteiger partial charge in [-0.3, -0.25) is 0 Å². The van der Waals surface area contributed by atoms with Gasteiger partial charge >= 0.3 is 0 Å². The predicted octanol–water partition coefficient (Wildman–Crippen LogP) is 3.13. The second-order valence-corrected chi connectivity index (χ2v) is 3.81. The van der Waals surface area contributed by atoms with Crippen molar-refractivity contribution in [1.29, 1.82) is 0 Å². The molecule has 0 aliphatic heterocycles. The summed E-state index contributed by atoms with van der Waals surface area (Å²) < 4.78 is 0. The first-order chi connectivity index (χ1) is 5.70. The van der Waals surface area contributed by atoms with E-state index in [1.165, 1.54) is 0 Å². The Labute approximate surface area is 85.1 Å². The van der Waals surface area contributed by atoms with Crippen LogP contribution in [-0.4, -0.2) is 18.5 Å². The monoisotopic (exact) mass is 209 g/mol. The van der Waals surface area contributed by atoms with Crippen molar-refractivity contribution in [2.24, 2.45) is 0 Å². The maximum atomic E-state index is 5.99. The van der Waals surface area contributed by atoms with Crippen molar-refractivity contribution >= 4 is 23.2 Å². The zero-order valence-corrected chi connectivity index (χ0v) is 9.25. The minimum Gasteiger partial charge on any atom is -0.312 e. The molecule has 12 heavy (non-hydrogen) atoms. The summed E-state index contributed by atoms with van der Waals surface area (Å²) in [5, 5.41) is 3.48. The first-order valence-electron chi connectivity index (χ1n) is 4.31. The molecule has 3 heteroatoms. The Bertz CT molecular complexity index is 134. The molecule has 0 aromatic heterocycles. The van der Waals surface area contributed by atoms with E-state index in [4.69, 9.17) is 23.2 Å². The average molecular weight is 210 g/mol. The lowest BCUT2D eigenvalue weighted by molar-refractivity contribution is 0.647. The summed E-state index contributed by atoms with van der Waals surface area (Å²) in [4.78, 5) is 0. The van der Waals surface area contributed by atoms with E-state index in [1.54, 1.807) is 5.54 Å². The second kappa shape index (κ2) is 7.90. The molecule has 0 heterocycles. The molecule has 1 unspecified atom stereocenters. The van der Waals surface area contributed by atoms with Gasteiger partial charge in [-0.1, -0.05) is 24.9 Å². The molecule has 0 spiro atoms. The van der Waals surface area contributed by atoms with Crippen LogP contribution < -0.4 is 5.32 Å². The molecular formula is C9H17Cl2N. The second-order valence-electron chi connectivity index (χ2n) is 2.97. The number of nitrogens with one attached hydrogen (secondary N) is 1. The number of halogens is 2. The summed E-state index contributed by atoms with van der Waals surface area (Å²) in [5.74, 6) is 0. The summed E-state index contributed by atoms with van der Waals surface area (Å²) in [7, 11) is 0. The van der Waals surface area contributed by atoms with Crippen LogP contribution in [0.25, 0.3) is 0 Å². The Morgan fingerprint density at radius 3 is 2.75 bits per heavy atom. The average Bonchev–Trinajstić information content (AvgIpc) is 2.04. The third-order valence-corrected chi connectivity index (χ3v) is 2.30. The molecule has 0 rings (SSSR count). The van der Waals surface area contributed by atoms with Gasteiger partial charge in [0.15, 0.2) is 0 Å². The van der Waals surface area contributed by atoms with Gasteiger partial charge in [0.1, 0.15) is 0 Å². The van der Waals surface area contributed by atoms with Crippen LogP contribution in [0.1, 0.15) is 26.7 Å². The highest BCUT2D eigenvalue weighted by Gasteiger charge is 2.01. The molecule has 0 saturated carbocycles. The Balaban J connectivity index is 3.30. The van der Waals surface area contributed by atoms with Crippen molar-refractivity contribution in [3.8, 4) is 0 Å². The molecule has 0 saturated heterocycles. The SMILES string of the molecule is CCCC(Cl)CNCC(C)=CCl. The normalized spacial score (nSPS) is 14.8. The molecule has 1 atom stereocenters. The van der Waals surface area contributed by atoms with Gasteiger partial charge in [0.05, 0.1) is 0 Å². The van der Waals surface area contributed by atoms with E-state index in [9.17, 15) is 0 Å². The van der Waals surface area contributed by atoms with Gasteiger partial charge in [-0.2, -0.15) is 0 Å². The standard InChI is InChI=1S/C9H17Cl2N/c1-3-4-9(11)7-12-6-8(2)5-10/h5,9,12H,3-4,6-7H2,1-2H3. The summed E-state index contributed by atoms with van der Waals surface area (Å²) in [5.41, 5.74) is 2.73. The Morgan fingerprint density at radius 2 is 2.25 bits per heavy atom. The smallest absolute Gasteiger partial charge is 0.0460 e. The van der Waals surface area contributed by atoms with Gasteiger partial charge in [0, 0.05) is 24.0 Å². The van der Waals surface area contributed by atoms with E-state index in [-0.39, 0.29) is 5.38 Å². The van der Waals surface area contributed by atoms with E-state index >= 15 is 0 Å². The van der Waals surface area contributed by atoms with Gasteiger partial charge in [0.25, 0.3) is 0 Å². The molecular weight excluding hydrogens is 193 g/mol. The van der Waals surface area contributed by atoms with Gasteiger partial charge in [-0.25, -0.2) is 0 Å². The summed E-state index contributed by atoms with van der Waals surface area (Å²) in [6.07, 6.45) is 2.21. The molecule has 72 valence electrons. The lowest BCUT2D eigenvalue weighted by Gasteiger charge is -2.09. The quantitative estimate of drug-likeness (QED) is 0.664. The molecule has 0 radical (unpaired) electrons. The molecule has 0 aromatic carbocycles. The summed E-state index contributed by atoms with van der Waals surface area (Å²) in [6, 6.07) is 0. The van der Waals surface area contributed by atoms with Gasteiger partial charge in [0.2, 0.25) is 0 Å². The van der Waals surface area contributed by atoms with Crippen LogP contribution in [0.2, 0.25) is 0 Å². The fourth-order valence-corrected chi connectivity index (χ4v) is 1.28. The van der Waals surface area contributed by atoms with Crippen molar-refractivity contribution in [3.63, 3.8) is 0 Å². The maximum Gasteiger partial charge on any atom is 0.0460 e. The minimum absolute atomic E-state index is 0.248. The topological polar surface area (TPSA) is 12.0 Å². The van der Waals surface area contributed by atoms with E-state index in [2.05, 4.69) is 12.2 Å². The largest absolute Gasteiger partial charge is 0.312 e. The minimum atomic E-state index is 0.248. The maximum absolute atomic E-state index is 5.99. The highest BCUT2D eigenvalue weighted by molar-refractivity contribution is 6.25. The molecule has 0 bridgehead atoms. The van der Waals surface area contributed by atoms with Gasteiger partial charge in [-0.15, -0.1) is 11.6 Å². The summed E-state index contributed by atoms with van der Waals surface area (Å²) >= 11 is 11.5. The van der Waals surface area contributed by atoms with Crippen LogP contribution >= 0.6 is 23.2 Å². The van der Waals surface area contributed by atoms with Crippen LogP contribution in [0.3, 0.4) is 0 Å². The molecule has 0 fully saturated rings. The molecule has 1 nitrogen and oxygen atoms in total. The summed E-state index contributed by atoms with van der Waals surface area (Å²) in [6.45, 7) is 5.82. The molecule has 0 aliphatic rings. The Kier molecular flexibility index (Phi) is 8.09. The number of hydrogen-bond acceptors (Lipinski definition) is 1. The zero-order chi connectivity index (χ0) is 9.40. The molecule has 0 aliphatic carbocycles.